The quantitative estimate of drug-likeness (QED) is 0.492. The highest BCUT2D eigenvalue weighted by atomic mass is 35.5. The summed E-state index contributed by atoms with van der Waals surface area (Å²) in [6.07, 6.45) is 1.59. The molecule has 0 fully saturated rings. The summed E-state index contributed by atoms with van der Waals surface area (Å²) in [5.74, 6) is 0.0274. The van der Waals surface area contributed by atoms with Gasteiger partial charge < -0.3 is 14.1 Å². The SMILES string of the molecule is COC(=O)c1oc(-c2ccc(Cl)cc2)cc1N=CN(C)C. The normalized spacial score (nSPS) is 10.9. The standard InChI is InChI=1S/C15H15ClN2O3/c1-18(2)9-17-12-8-13(21-14(12)15(19)20-3)10-4-6-11(16)7-5-10/h4-9H,1-3H3. The van der Waals surface area contributed by atoms with E-state index < -0.39 is 5.97 Å². The van der Waals surface area contributed by atoms with Crippen LogP contribution in [-0.2, 0) is 4.74 Å². The molecule has 0 radical (unpaired) electrons. The minimum Gasteiger partial charge on any atom is -0.463 e. The van der Waals surface area contributed by atoms with Gasteiger partial charge in [0, 0.05) is 30.7 Å². The first-order chi connectivity index (χ1) is 10.0. The van der Waals surface area contributed by atoms with Gasteiger partial charge in [0.1, 0.15) is 11.4 Å². The van der Waals surface area contributed by atoms with Crippen molar-refractivity contribution in [1.29, 1.82) is 0 Å². The Hall–Kier alpha value is -2.27. The minimum absolute atomic E-state index is 0.0700. The molecule has 0 aliphatic rings. The Morgan fingerprint density at radius 2 is 2.00 bits per heavy atom. The Kier molecular flexibility index (Phi) is 4.65. The molecular weight excluding hydrogens is 292 g/mol. The fourth-order valence-corrected chi connectivity index (χ4v) is 1.78. The lowest BCUT2D eigenvalue weighted by molar-refractivity contribution is 0.0567. The highest BCUT2D eigenvalue weighted by molar-refractivity contribution is 6.30. The van der Waals surface area contributed by atoms with E-state index in [0.29, 0.717) is 16.5 Å². The fourth-order valence-electron chi connectivity index (χ4n) is 1.65. The maximum Gasteiger partial charge on any atom is 0.376 e. The number of halogens is 1. The summed E-state index contributed by atoms with van der Waals surface area (Å²) in [5.41, 5.74) is 1.22. The second kappa shape index (κ2) is 6.45. The summed E-state index contributed by atoms with van der Waals surface area (Å²) in [6.45, 7) is 0. The van der Waals surface area contributed by atoms with Gasteiger partial charge in [-0.05, 0) is 24.3 Å². The van der Waals surface area contributed by atoms with E-state index in [9.17, 15) is 4.79 Å². The van der Waals surface area contributed by atoms with Crippen LogP contribution in [0.3, 0.4) is 0 Å². The second-order valence-electron chi connectivity index (χ2n) is 4.53. The number of carbonyl (C=O) groups excluding carboxylic acids is 1. The Balaban J connectivity index is 2.44. The molecule has 110 valence electrons. The number of methoxy groups -OCH3 is 1. The van der Waals surface area contributed by atoms with Crippen molar-refractivity contribution in [3.8, 4) is 11.3 Å². The third-order valence-corrected chi connectivity index (χ3v) is 2.89. The van der Waals surface area contributed by atoms with Crippen LogP contribution >= 0.6 is 11.6 Å². The summed E-state index contributed by atoms with van der Waals surface area (Å²) in [6, 6.07) is 8.80. The zero-order valence-electron chi connectivity index (χ0n) is 12.0. The highest BCUT2D eigenvalue weighted by Crippen LogP contribution is 2.32. The third kappa shape index (κ3) is 3.64. The Labute approximate surface area is 127 Å². The van der Waals surface area contributed by atoms with Gasteiger partial charge in [-0.15, -0.1) is 0 Å². The van der Waals surface area contributed by atoms with Crippen LogP contribution in [-0.4, -0.2) is 38.4 Å². The number of hydrogen-bond donors (Lipinski definition) is 0. The summed E-state index contributed by atoms with van der Waals surface area (Å²) in [7, 11) is 4.97. The van der Waals surface area contributed by atoms with Crippen LogP contribution < -0.4 is 0 Å². The average molecular weight is 307 g/mol. The molecule has 0 aliphatic heterocycles. The van der Waals surface area contributed by atoms with Crippen molar-refractivity contribution >= 4 is 29.6 Å². The molecular formula is C15H15ClN2O3. The number of furan rings is 1. The number of nitrogens with zero attached hydrogens (tertiary/aromatic N) is 2. The first kappa shape index (κ1) is 15.1. The van der Waals surface area contributed by atoms with Crippen molar-refractivity contribution in [2.45, 2.75) is 0 Å². The van der Waals surface area contributed by atoms with E-state index in [1.54, 1.807) is 29.4 Å². The molecule has 0 N–H and O–H groups in total. The van der Waals surface area contributed by atoms with Crippen molar-refractivity contribution in [3.05, 3.63) is 41.1 Å². The van der Waals surface area contributed by atoms with E-state index in [2.05, 4.69) is 4.99 Å². The molecule has 5 nitrogen and oxygen atoms in total. The van der Waals surface area contributed by atoms with E-state index in [1.807, 2.05) is 26.2 Å². The van der Waals surface area contributed by atoms with Gasteiger partial charge in [-0.1, -0.05) is 11.6 Å². The van der Waals surface area contributed by atoms with Crippen molar-refractivity contribution in [1.82, 2.24) is 4.90 Å². The lowest BCUT2D eigenvalue weighted by Crippen LogP contribution is -2.07. The van der Waals surface area contributed by atoms with Crippen LogP contribution in [0.25, 0.3) is 11.3 Å². The predicted molar refractivity (Wildman–Crippen MR) is 82.3 cm³/mol. The largest absolute Gasteiger partial charge is 0.463 e. The summed E-state index contributed by atoms with van der Waals surface area (Å²) in [4.78, 5) is 17.7. The molecule has 2 aromatic rings. The smallest absolute Gasteiger partial charge is 0.376 e. The van der Waals surface area contributed by atoms with Gasteiger partial charge in [-0.2, -0.15) is 0 Å². The first-order valence-electron chi connectivity index (χ1n) is 6.20. The zero-order chi connectivity index (χ0) is 15.4. The van der Waals surface area contributed by atoms with Gasteiger partial charge in [0.05, 0.1) is 13.4 Å². The van der Waals surface area contributed by atoms with E-state index in [-0.39, 0.29) is 5.76 Å². The van der Waals surface area contributed by atoms with Crippen LogP contribution in [0.1, 0.15) is 10.6 Å². The maximum atomic E-state index is 11.8. The molecule has 1 heterocycles. The molecule has 1 aromatic carbocycles. The van der Waals surface area contributed by atoms with E-state index >= 15 is 0 Å². The monoisotopic (exact) mass is 306 g/mol. The van der Waals surface area contributed by atoms with Crippen LogP contribution in [0.2, 0.25) is 5.02 Å². The number of ether oxygens (including phenoxy) is 1. The van der Waals surface area contributed by atoms with Crippen LogP contribution in [0.4, 0.5) is 5.69 Å². The zero-order valence-corrected chi connectivity index (χ0v) is 12.7. The molecule has 0 atom stereocenters. The van der Waals surface area contributed by atoms with Crippen LogP contribution in [0, 0.1) is 0 Å². The lowest BCUT2D eigenvalue weighted by Gasteiger charge is -2.01. The molecule has 6 heteroatoms. The molecule has 0 unspecified atom stereocenters. The van der Waals surface area contributed by atoms with E-state index in [1.165, 1.54) is 7.11 Å². The van der Waals surface area contributed by atoms with E-state index in [4.69, 9.17) is 20.8 Å². The fraction of sp³-hybridized carbons (Fsp3) is 0.200. The van der Waals surface area contributed by atoms with Gasteiger partial charge in [-0.25, -0.2) is 9.79 Å². The first-order valence-corrected chi connectivity index (χ1v) is 6.57. The number of benzene rings is 1. The van der Waals surface area contributed by atoms with Gasteiger partial charge in [0.15, 0.2) is 0 Å². The highest BCUT2D eigenvalue weighted by Gasteiger charge is 2.19. The van der Waals surface area contributed by atoms with Crippen molar-refractivity contribution in [2.75, 3.05) is 21.2 Å². The Morgan fingerprint density at radius 1 is 1.33 bits per heavy atom. The second-order valence-corrected chi connectivity index (χ2v) is 4.97. The van der Waals surface area contributed by atoms with Gasteiger partial charge in [-0.3, -0.25) is 0 Å². The number of esters is 1. The molecule has 1 aromatic heterocycles. The van der Waals surface area contributed by atoms with Crippen molar-refractivity contribution in [2.24, 2.45) is 4.99 Å². The Morgan fingerprint density at radius 3 is 2.57 bits per heavy atom. The number of hydrogen-bond acceptors (Lipinski definition) is 4. The van der Waals surface area contributed by atoms with Crippen LogP contribution in [0.15, 0.2) is 39.7 Å². The molecule has 0 spiro atoms. The molecule has 0 aliphatic carbocycles. The minimum atomic E-state index is -0.568. The number of rotatable bonds is 4. The predicted octanol–water partition coefficient (Wildman–Crippen LogP) is 3.61. The molecule has 21 heavy (non-hydrogen) atoms. The number of carbonyl (C=O) groups is 1. The molecule has 0 bridgehead atoms. The number of aliphatic imine (C=N–C) groups is 1. The van der Waals surface area contributed by atoms with Crippen LogP contribution in [0.5, 0.6) is 0 Å². The summed E-state index contributed by atoms with van der Waals surface area (Å²) in [5, 5.41) is 0.629. The summed E-state index contributed by atoms with van der Waals surface area (Å²) >= 11 is 5.86. The average Bonchev–Trinajstić information content (AvgIpc) is 2.89. The summed E-state index contributed by atoms with van der Waals surface area (Å²) < 4.78 is 10.3. The van der Waals surface area contributed by atoms with Crippen molar-refractivity contribution in [3.63, 3.8) is 0 Å². The maximum absolute atomic E-state index is 11.8. The van der Waals surface area contributed by atoms with Crippen molar-refractivity contribution < 1.29 is 13.9 Å². The Bertz CT molecular complexity index is 660. The van der Waals surface area contributed by atoms with E-state index in [0.717, 1.165) is 5.56 Å². The lowest BCUT2D eigenvalue weighted by atomic mass is 10.2. The molecule has 0 saturated heterocycles. The van der Waals surface area contributed by atoms with Gasteiger partial charge in [0.2, 0.25) is 5.76 Å². The topological polar surface area (TPSA) is 55.0 Å². The molecule has 0 saturated carbocycles. The third-order valence-electron chi connectivity index (χ3n) is 2.64. The molecule has 0 amide bonds. The van der Waals surface area contributed by atoms with Gasteiger partial charge >= 0.3 is 5.97 Å². The van der Waals surface area contributed by atoms with Gasteiger partial charge in [0.25, 0.3) is 0 Å². The molecule has 2 rings (SSSR count).